The number of aromatic nitrogens is 1. The van der Waals surface area contributed by atoms with E-state index in [9.17, 15) is 14.4 Å². The number of nitrogens with zero attached hydrogens (tertiary/aromatic N) is 2. The van der Waals surface area contributed by atoms with Crippen LogP contribution in [0.1, 0.15) is 5.56 Å². The Hall–Kier alpha value is -3.17. The summed E-state index contributed by atoms with van der Waals surface area (Å²) >= 11 is 1.17. The molecule has 0 aliphatic carbocycles. The highest BCUT2D eigenvalue weighted by Crippen LogP contribution is 2.25. The molecular weight excluding hydrogens is 349 g/mol. The summed E-state index contributed by atoms with van der Waals surface area (Å²) in [5.74, 6) is -0.646. The van der Waals surface area contributed by atoms with Gasteiger partial charge in [0.15, 0.2) is 0 Å². The number of nitriles is 1. The Morgan fingerprint density at radius 2 is 1.92 bits per heavy atom. The van der Waals surface area contributed by atoms with Crippen molar-refractivity contribution in [3.8, 4) is 17.3 Å². The van der Waals surface area contributed by atoms with Crippen molar-refractivity contribution < 1.29 is 9.18 Å². The minimum absolute atomic E-state index is 0.0659. The monoisotopic (exact) mass is 363 g/mol. The van der Waals surface area contributed by atoms with Gasteiger partial charge in [0, 0.05) is 11.3 Å². The zero-order chi connectivity index (χ0) is 18.4. The van der Waals surface area contributed by atoms with Crippen LogP contribution in [0.4, 0.5) is 10.1 Å². The molecule has 0 saturated heterocycles. The molecule has 0 aliphatic rings. The fourth-order valence-electron chi connectivity index (χ4n) is 2.30. The van der Waals surface area contributed by atoms with Crippen LogP contribution < -0.4 is 5.32 Å². The van der Waals surface area contributed by atoms with Crippen LogP contribution >= 0.6 is 11.8 Å². The number of thioether (sulfide) groups is 1. The molecule has 0 spiro atoms. The van der Waals surface area contributed by atoms with E-state index in [1.807, 2.05) is 30.3 Å². The summed E-state index contributed by atoms with van der Waals surface area (Å²) in [4.78, 5) is 16.6. The van der Waals surface area contributed by atoms with Gasteiger partial charge in [0.2, 0.25) is 5.91 Å². The standard InChI is InChI=1S/C20H14FN3OS/c21-16-7-4-8-17(11-16)23-19(25)13-26-20-15(12-22)9-10-18(24-20)14-5-2-1-3-6-14/h1-11H,13H2,(H,23,25). The van der Waals surface area contributed by atoms with Gasteiger partial charge in [-0.3, -0.25) is 4.79 Å². The molecule has 1 heterocycles. The lowest BCUT2D eigenvalue weighted by atomic mass is 10.1. The zero-order valence-electron chi connectivity index (χ0n) is 13.6. The van der Waals surface area contributed by atoms with E-state index in [0.29, 0.717) is 16.3 Å². The predicted molar refractivity (Wildman–Crippen MR) is 100 cm³/mol. The van der Waals surface area contributed by atoms with Gasteiger partial charge in [-0.15, -0.1) is 0 Å². The summed E-state index contributed by atoms with van der Waals surface area (Å²) in [6.45, 7) is 0. The Labute approximate surface area is 154 Å². The van der Waals surface area contributed by atoms with Crippen LogP contribution in [-0.2, 0) is 4.79 Å². The first-order valence-electron chi connectivity index (χ1n) is 7.80. The fraction of sp³-hybridized carbons (Fsp3) is 0.0500. The Morgan fingerprint density at radius 1 is 1.12 bits per heavy atom. The van der Waals surface area contributed by atoms with Crippen molar-refractivity contribution >= 4 is 23.4 Å². The van der Waals surface area contributed by atoms with Crippen LogP contribution in [0.5, 0.6) is 0 Å². The molecular formula is C20H14FN3OS. The van der Waals surface area contributed by atoms with Crippen LogP contribution in [0.15, 0.2) is 71.8 Å². The Bertz CT molecular complexity index is 970. The first-order chi connectivity index (χ1) is 12.7. The number of benzene rings is 2. The minimum Gasteiger partial charge on any atom is -0.325 e. The number of carbonyl (C=O) groups excluding carboxylic acids is 1. The number of carbonyl (C=O) groups is 1. The van der Waals surface area contributed by atoms with Crippen molar-refractivity contribution in [1.82, 2.24) is 4.98 Å². The number of nitrogens with one attached hydrogen (secondary N) is 1. The summed E-state index contributed by atoms with van der Waals surface area (Å²) in [5.41, 5.74) is 2.47. The maximum atomic E-state index is 13.2. The second-order valence-electron chi connectivity index (χ2n) is 5.37. The molecule has 26 heavy (non-hydrogen) atoms. The molecule has 0 bridgehead atoms. The number of amides is 1. The van der Waals surface area contributed by atoms with Crippen LogP contribution in [0.2, 0.25) is 0 Å². The summed E-state index contributed by atoms with van der Waals surface area (Å²) < 4.78 is 13.2. The molecule has 1 N–H and O–H groups in total. The number of pyridine rings is 1. The first-order valence-corrected chi connectivity index (χ1v) is 8.79. The Balaban J connectivity index is 1.72. The molecule has 1 aromatic heterocycles. The van der Waals surface area contributed by atoms with Gasteiger partial charge in [0.1, 0.15) is 16.9 Å². The van der Waals surface area contributed by atoms with Gasteiger partial charge in [-0.2, -0.15) is 5.26 Å². The van der Waals surface area contributed by atoms with Gasteiger partial charge in [-0.1, -0.05) is 48.2 Å². The molecule has 0 saturated carbocycles. The summed E-state index contributed by atoms with van der Waals surface area (Å²) in [5, 5.41) is 12.4. The van der Waals surface area contributed by atoms with Gasteiger partial charge in [-0.05, 0) is 30.3 Å². The van der Waals surface area contributed by atoms with Crippen molar-refractivity contribution in [2.75, 3.05) is 11.1 Å². The maximum Gasteiger partial charge on any atom is 0.234 e. The number of rotatable bonds is 5. The Kier molecular flexibility index (Phi) is 5.62. The molecule has 3 rings (SSSR count). The molecule has 4 nitrogen and oxygen atoms in total. The molecule has 3 aromatic rings. The molecule has 0 radical (unpaired) electrons. The average Bonchev–Trinajstić information content (AvgIpc) is 2.67. The molecule has 0 fully saturated rings. The average molecular weight is 363 g/mol. The Morgan fingerprint density at radius 3 is 2.65 bits per heavy atom. The lowest BCUT2D eigenvalue weighted by molar-refractivity contribution is -0.113. The molecule has 2 aromatic carbocycles. The predicted octanol–water partition coefficient (Wildman–Crippen LogP) is 4.49. The van der Waals surface area contributed by atoms with Crippen LogP contribution in [-0.4, -0.2) is 16.6 Å². The topological polar surface area (TPSA) is 65.8 Å². The highest BCUT2D eigenvalue weighted by atomic mass is 32.2. The smallest absolute Gasteiger partial charge is 0.234 e. The van der Waals surface area contributed by atoms with E-state index in [1.165, 1.54) is 30.0 Å². The van der Waals surface area contributed by atoms with E-state index in [0.717, 1.165) is 11.3 Å². The van der Waals surface area contributed by atoms with Crippen molar-refractivity contribution in [3.63, 3.8) is 0 Å². The van der Waals surface area contributed by atoms with Crippen molar-refractivity contribution in [2.45, 2.75) is 5.03 Å². The van der Waals surface area contributed by atoms with Gasteiger partial charge in [0.05, 0.1) is 17.0 Å². The zero-order valence-corrected chi connectivity index (χ0v) is 14.5. The summed E-state index contributed by atoms with van der Waals surface area (Å²) in [7, 11) is 0. The second-order valence-corrected chi connectivity index (χ2v) is 6.34. The number of anilines is 1. The van der Waals surface area contributed by atoms with E-state index in [1.54, 1.807) is 18.2 Å². The van der Waals surface area contributed by atoms with E-state index in [-0.39, 0.29) is 11.7 Å². The van der Waals surface area contributed by atoms with Gasteiger partial charge >= 0.3 is 0 Å². The molecule has 0 atom stereocenters. The van der Waals surface area contributed by atoms with E-state index >= 15 is 0 Å². The molecule has 1 amide bonds. The highest BCUT2D eigenvalue weighted by molar-refractivity contribution is 8.00. The van der Waals surface area contributed by atoms with Crippen molar-refractivity contribution in [1.29, 1.82) is 5.26 Å². The third-order valence-electron chi connectivity index (χ3n) is 3.50. The van der Waals surface area contributed by atoms with Gasteiger partial charge < -0.3 is 5.32 Å². The fourth-order valence-corrected chi connectivity index (χ4v) is 3.07. The van der Waals surface area contributed by atoms with E-state index < -0.39 is 5.82 Å². The highest BCUT2D eigenvalue weighted by Gasteiger charge is 2.11. The summed E-state index contributed by atoms with van der Waals surface area (Å²) in [6, 6.07) is 20.9. The normalized spacial score (nSPS) is 10.2. The van der Waals surface area contributed by atoms with Crippen molar-refractivity contribution in [3.05, 3.63) is 78.1 Å². The van der Waals surface area contributed by atoms with Crippen molar-refractivity contribution in [2.24, 2.45) is 0 Å². The second kappa shape index (κ2) is 8.28. The van der Waals surface area contributed by atoms with Crippen LogP contribution in [0.25, 0.3) is 11.3 Å². The van der Waals surface area contributed by atoms with Gasteiger partial charge in [-0.25, -0.2) is 9.37 Å². The van der Waals surface area contributed by atoms with Crippen LogP contribution in [0, 0.1) is 17.1 Å². The SMILES string of the molecule is N#Cc1ccc(-c2ccccc2)nc1SCC(=O)Nc1cccc(F)c1. The number of hydrogen-bond donors (Lipinski definition) is 1. The van der Waals surface area contributed by atoms with E-state index in [4.69, 9.17) is 0 Å². The molecule has 0 unspecified atom stereocenters. The summed E-state index contributed by atoms with van der Waals surface area (Å²) in [6.07, 6.45) is 0. The number of hydrogen-bond acceptors (Lipinski definition) is 4. The third-order valence-corrected chi connectivity index (χ3v) is 4.49. The largest absolute Gasteiger partial charge is 0.325 e. The maximum absolute atomic E-state index is 13.2. The molecule has 0 aliphatic heterocycles. The molecule has 128 valence electrons. The quantitative estimate of drug-likeness (QED) is 0.678. The third kappa shape index (κ3) is 4.47. The molecule has 6 heteroatoms. The van der Waals surface area contributed by atoms with E-state index in [2.05, 4.69) is 16.4 Å². The lowest BCUT2D eigenvalue weighted by Gasteiger charge is -2.08. The first kappa shape index (κ1) is 17.6. The lowest BCUT2D eigenvalue weighted by Crippen LogP contribution is -2.14. The van der Waals surface area contributed by atoms with Gasteiger partial charge in [0.25, 0.3) is 0 Å². The number of halogens is 1. The minimum atomic E-state index is -0.417. The van der Waals surface area contributed by atoms with Crippen LogP contribution in [0.3, 0.4) is 0 Å².